The Balaban J connectivity index is 2.08. The number of benzene rings is 2. The summed E-state index contributed by atoms with van der Waals surface area (Å²) in [6.45, 7) is 0.235. The maximum Gasteiger partial charge on any atom is 0.338 e. The van der Waals surface area contributed by atoms with Crippen molar-refractivity contribution in [2.24, 2.45) is 0 Å². The monoisotopic (exact) mass is 272 g/mol. The summed E-state index contributed by atoms with van der Waals surface area (Å²) in [4.78, 5) is 12.0. The van der Waals surface area contributed by atoms with E-state index in [1.165, 1.54) is 14.2 Å². The number of hydrogen-bond acceptors (Lipinski definition) is 4. The molecule has 2 aromatic rings. The van der Waals surface area contributed by atoms with Crippen molar-refractivity contribution in [1.82, 2.24) is 0 Å². The molecule has 0 aliphatic heterocycles. The summed E-state index contributed by atoms with van der Waals surface area (Å²) in [7, 11) is 3.07. The van der Waals surface area contributed by atoms with Gasteiger partial charge in [-0.15, -0.1) is 0 Å². The standard InChI is InChI=1S/C16H16O4/c1-18-14-8-13(9-15(10-14)19-2)16(17)20-11-12-6-4-3-5-7-12/h3-10H,11H2,1-2H3. The minimum Gasteiger partial charge on any atom is -0.497 e. The van der Waals surface area contributed by atoms with Crippen LogP contribution in [-0.4, -0.2) is 20.2 Å². The Morgan fingerprint density at radius 2 is 1.55 bits per heavy atom. The topological polar surface area (TPSA) is 44.8 Å². The van der Waals surface area contributed by atoms with Crippen LogP contribution in [0.15, 0.2) is 48.5 Å². The fourth-order valence-corrected chi connectivity index (χ4v) is 1.73. The van der Waals surface area contributed by atoms with Crippen LogP contribution in [0.25, 0.3) is 0 Å². The minimum absolute atomic E-state index is 0.235. The number of rotatable bonds is 5. The molecule has 0 N–H and O–H groups in total. The fourth-order valence-electron chi connectivity index (χ4n) is 1.73. The lowest BCUT2D eigenvalue weighted by Gasteiger charge is -2.08. The van der Waals surface area contributed by atoms with Gasteiger partial charge in [-0.2, -0.15) is 0 Å². The maximum absolute atomic E-state index is 12.0. The Morgan fingerprint density at radius 1 is 0.950 bits per heavy atom. The first-order valence-electron chi connectivity index (χ1n) is 6.17. The largest absolute Gasteiger partial charge is 0.497 e. The van der Waals surface area contributed by atoms with Crippen LogP contribution < -0.4 is 9.47 Å². The highest BCUT2D eigenvalue weighted by atomic mass is 16.5. The fraction of sp³-hybridized carbons (Fsp3) is 0.188. The van der Waals surface area contributed by atoms with E-state index in [1.807, 2.05) is 30.3 Å². The number of carbonyl (C=O) groups excluding carboxylic acids is 1. The summed E-state index contributed by atoms with van der Waals surface area (Å²) in [5, 5.41) is 0. The zero-order valence-electron chi connectivity index (χ0n) is 11.5. The van der Waals surface area contributed by atoms with Gasteiger partial charge in [-0.3, -0.25) is 0 Å². The molecule has 0 bridgehead atoms. The van der Waals surface area contributed by atoms with E-state index in [2.05, 4.69) is 0 Å². The first kappa shape index (κ1) is 13.9. The smallest absolute Gasteiger partial charge is 0.338 e. The van der Waals surface area contributed by atoms with Crippen LogP contribution >= 0.6 is 0 Å². The quantitative estimate of drug-likeness (QED) is 0.785. The Kier molecular flexibility index (Phi) is 4.60. The second-order valence-corrected chi connectivity index (χ2v) is 4.16. The lowest BCUT2D eigenvalue weighted by atomic mass is 10.2. The minimum atomic E-state index is -0.411. The molecule has 0 saturated carbocycles. The molecule has 0 aromatic heterocycles. The van der Waals surface area contributed by atoms with Crippen LogP contribution in [0.4, 0.5) is 0 Å². The third-order valence-electron chi connectivity index (χ3n) is 2.80. The van der Waals surface area contributed by atoms with Gasteiger partial charge in [0.15, 0.2) is 0 Å². The molecule has 4 nitrogen and oxygen atoms in total. The van der Waals surface area contributed by atoms with Crippen molar-refractivity contribution in [3.8, 4) is 11.5 Å². The summed E-state index contributed by atoms with van der Waals surface area (Å²) in [5.41, 5.74) is 1.34. The summed E-state index contributed by atoms with van der Waals surface area (Å²) in [6, 6.07) is 14.5. The Hall–Kier alpha value is -2.49. The SMILES string of the molecule is COc1cc(OC)cc(C(=O)OCc2ccccc2)c1. The van der Waals surface area contributed by atoms with Gasteiger partial charge in [-0.25, -0.2) is 4.79 Å². The van der Waals surface area contributed by atoms with Gasteiger partial charge in [0.1, 0.15) is 18.1 Å². The molecule has 0 aliphatic carbocycles. The maximum atomic E-state index is 12.0. The molecule has 0 spiro atoms. The summed E-state index contributed by atoms with van der Waals surface area (Å²) in [6.07, 6.45) is 0. The van der Waals surface area contributed by atoms with Gasteiger partial charge in [0.25, 0.3) is 0 Å². The predicted octanol–water partition coefficient (Wildman–Crippen LogP) is 3.06. The summed E-state index contributed by atoms with van der Waals surface area (Å²) in [5.74, 6) is 0.693. The average molecular weight is 272 g/mol. The highest BCUT2D eigenvalue weighted by Gasteiger charge is 2.11. The number of carbonyl (C=O) groups is 1. The molecule has 0 unspecified atom stereocenters. The molecule has 2 aromatic carbocycles. The molecule has 0 saturated heterocycles. The van der Waals surface area contributed by atoms with Gasteiger partial charge >= 0.3 is 5.97 Å². The van der Waals surface area contributed by atoms with Crippen molar-refractivity contribution in [2.75, 3.05) is 14.2 Å². The molecule has 2 rings (SSSR count). The zero-order valence-corrected chi connectivity index (χ0v) is 11.5. The van der Waals surface area contributed by atoms with Crippen molar-refractivity contribution in [1.29, 1.82) is 0 Å². The van der Waals surface area contributed by atoms with Gasteiger partial charge in [-0.1, -0.05) is 30.3 Å². The molecule has 20 heavy (non-hydrogen) atoms. The van der Waals surface area contributed by atoms with E-state index < -0.39 is 5.97 Å². The highest BCUT2D eigenvalue weighted by molar-refractivity contribution is 5.90. The van der Waals surface area contributed by atoms with E-state index in [-0.39, 0.29) is 6.61 Å². The van der Waals surface area contributed by atoms with Crippen LogP contribution in [0.3, 0.4) is 0 Å². The number of ether oxygens (including phenoxy) is 3. The second kappa shape index (κ2) is 6.61. The number of hydrogen-bond donors (Lipinski definition) is 0. The average Bonchev–Trinajstić information content (AvgIpc) is 2.52. The lowest BCUT2D eigenvalue weighted by Crippen LogP contribution is -2.06. The van der Waals surface area contributed by atoms with Crippen molar-refractivity contribution in [2.45, 2.75) is 6.61 Å². The normalized spacial score (nSPS) is 9.90. The molecular formula is C16H16O4. The van der Waals surface area contributed by atoms with Gasteiger partial charge in [0, 0.05) is 6.07 Å². The highest BCUT2D eigenvalue weighted by Crippen LogP contribution is 2.23. The molecule has 0 heterocycles. The van der Waals surface area contributed by atoms with Crippen molar-refractivity contribution in [3.05, 3.63) is 59.7 Å². The summed E-state index contributed by atoms with van der Waals surface area (Å²) >= 11 is 0. The summed E-state index contributed by atoms with van der Waals surface area (Å²) < 4.78 is 15.5. The molecule has 0 aliphatic rings. The molecule has 0 amide bonds. The van der Waals surface area contributed by atoms with Crippen LogP contribution in [0.5, 0.6) is 11.5 Å². The van der Waals surface area contributed by atoms with Crippen molar-refractivity contribution in [3.63, 3.8) is 0 Å². The predicted molar refractivity (Wildman–Crippen MR) is 75.1 cm³/mol. The van der Waals surface area contributed by atoms with Crippen molar-refractivity contribution >= 4 is 5.97 Å². The first-order valence-corrected chi connectivity index (χ1v) is 6.17. The van der Waals surface area contributed by atoms with E-state index in [9.17, 15) is 4.79 Å². The second-order valence-electron chi connectivity index (χ2n) is 4.16. The van der Waals surface area contributed by atoms with Gasteiger partial charge in [-0.05, 0) is 17.7 Å². The van der Waals surface area contributed by atoms with E-state index in [0.29, 0.717) is 17.1 Å². The van der Waals surface area contributed by atoms with E-state index >= 15 is 0 Å². The lowest BCUT2D eigenvalue weighted by molar-refractivity contribution is 0.0472. The van der Waals surface area contributed by atoms with E-state index in [0.717, 1.165) is 5.56 Å². The molecular weight excluding hydrogens is 256 g/mol. The van der Waals surface area contributed by atoms with E-state index in [4.69, 9.17) is 14.2 Å². The zero-order chi connectivity index (χ0) is 14.4. The molecule has 0 fully saturated rings. The van der Waals surface area contributed by atoms with Crippen LogP contribution in [0.1, 0.15) is 15.9 Å². The van der Waals surface area contributed by atoms with E-state index in [1.54, 1.807) is 18.2 Å². The van der Waals surface area contributed by atoms with Gasteiger partial charge in [0.05, 0.1) is 19.8 Å². The Morgan fingerprint density at radius 3 is 2.10 bits per heavy atom. The third kappa shape index (κ3) is 3.51. The Labute approximate surface area is 117 Å². The third-order valence-corrected chi connectivity index (χ3v) is 2.80. The van der Waals surface area contributed by atoms with Crippen LogP contribution in [0.2, 0.25) is 0 Å². The van der Waals surface area contributed by atoms with Gasteiger partial charge < -0.3 is 14.2 Å². The van der Waals surface area contributed by atoms with Gasteiger partial charge in [0.2, 0.25) is 0 Å². The molecule has 4 heteroatoms. The first-order chi connectivity index (χ1) is 9.72. The van der Waals surface area contributed by atoms with Crippen LogP contribution in [-0.2, 0) is 11.3 Å². The Bertz CT molecular complexity index is 556. The van der Waals surface area contributed by atoms with Crippen molar-refractivity contribution < 1.29 is 19.0 Å². The molecule has 104 valence electrons. The molecule has 0 atom stereocenters. The number of methoxy groups -OCH3 is 2. The molecule has 0 radical (unpaired) electrons. The van der Waals surface area contributed by atoms with Crippen LogP contribution in [0, 0.1) is 0 Å². The number of esters is 1.